The van der Waals surface area contributed by atoms with Crippen LogP contribution in [0, 0.1) is 0 Å². The van der Waals surface area contributed by atoms with Gasteiger partial charge in [0.15, 0.2) is 0 Å². The lowest BCUT2D eigenvalue weighted by atomic mass is 10.2. The quantitative estimate of drug-likeness (QED) is 0.507. The van der Waals surface area contributed by atoms with Gasteiger partial charge in [-0.05, 0) is 36.8 Å². The first kappa shape index (κ1) is 21.3. The molecule has 3 aromatic rings. The van der Waals surface area contributed by atoms with Gasteiger partial charge in [-0.15, -0.1) is 5.10 Å². The van der Waals surface area contributed by atoms with Gasteiger partial charge in [0.1, 0.15) is 5.69 Å². The monoisotopic (exact) mass is 434 g/mol. The number of unbranched alkanes of at least 4 members (excludes halogenated alkanes) is 1. The predicted octanol–water partition coefficient (Wildman–Crippen LogP) is 4.06. The van der Waals surface area contributed by atoms with Crippen LogP contribution in [0.4, 0.5) is 5.69 Å². The van der Waals surface area contributed by atoms with Crippen LogP contribution in [0.2, 0.25) is 5.02 Å². The van der Waals surface area contributed by atoms with Crippen molar-refractivity contribution in [1.82, 2.24) is 15.0 Å². The summed E-state index contributed by atoms with van der Waals surface area (Å²) >= 11 is 6.22. The van der Waals surface area contributed by atoms with E-state index in [1.807, 2.05) is 6.92 Å². The molecule has 0 spiro atoms. The van der Waals surface area contributed by atoms with Crippen molar-refractivity contribution >= 4 is 27.3 Å². The molecular weight excluding hydrogens is 412 g/mol. The maximum Gasteiger partial charge on any atom is 0.264 e. The van der Waals surface area contributed by atoms with Gasteiger partial charge in [0, 0.05) is 18.7 Å². The number of hydrogen-bond acceptors (Lipinski definition) is 5. The fourth-order valence-corrected chi connectivity index (χ4v) is 4.62. The fraction of sp³-hybridized carbons (Fsp3) is 0.300. The van der Waals surface area contributed by atoms with Crippen LogP contribution >= 0.6 is 11.6 Å². The molecule has 2 aromatic carbocycles. The highest BCUT2D eigenvalue weighted by Gasteiger charge is 2.27. The number of anilines is 1. The zero-order valence-corrected chi connectivity index (χ0v) is 17.9. The first-order chi connectivity index (χ1) is 14.0. The number of ether oxygens (including phenoxy) is 1. The van der Waals surface area contributed by atoms with Crippen LogP contribution in [0.5, 0.6) is 0 Å². The molecule has 0 amide bonds. The number of sulfonamides is 1. The Labute approximate surface area is 175 Å². The Morgan fingerprint density at radius 2 is 1.93 bits per heavy atom. The molecular formula is C20H23ClN4O3S. The summed E-state index contributed by atoms with van der Waals surface area (Å²) in [6.07, 6.45) is 3.26. The van der Waals surface area contributed by atoms with Crippen molar-refractivity contribution in [3.05, 3.63) is 65.4 Å². The molecule has 29 heavy (non-hydrogen) atoms. The predicted molar refractivity (Wildman–Crippen MR) is 113 cm³/mol. The Bertz CT molecular complexity index is 1050. The van der Waals surface area contributed by atoms with Crippen molar-refractivity contribution < 1.29 is 13.2 Å². The number of nitrogens with zero attached hydrogens (tertiary/aromatic N) is 4. The number of aromatic nitrogens is 3. The Kier molecular flexibility index (Phi) is 6.89. The summed E-state index contributed by atoms with van der Waals surface area (Å²) in [5.74, 6) is 0. The van der Waals surface area contributed by atoms with E-state index in [-0.39, 0.29) is 4.90 Å². The molecule has 7 nitrogen and oxygen atoms in total. The van der Waals surface area contributed by atoms with E-state index in [2.05, 4.69) is 10.3 Å². The molecule has 0 atom stereocenters. The standard InChI is InChI=1S/C20H23ClN4O3S/c1-3-4-12-25(29(26,27)18-8-6-5-7-9-18)19-11-10-16(21)13-20(19)24-14-17(15-28-2)22-23-24/h5-11,13-14H,3-4,12,15H2,1-2H3. The van der Waals surface area contributed by atoms with Crippen molar-refractivity contribution in [1.29, 1.82) is 0 Å². The molecule has 0 saturated carbocycles. The minimum absolute atomic E-state index is 0.232. The molecule has 154 valence electrons. The minimum Gasteiger partial charge on any atom is -0.378 e. The molecule has 9 heteroatoms. The van der Waals surface area contributed by atoms with Crippen LogP contribution < -0.4 is 4.31 Å². The summed E-state index contributed by atoms with van der Waals surface area (Å²) in [7, 11) is -2.20. The summed E-state index contributed by atoms with van der Waals surface area (Å²) in [6, 6.07) is 13.5. The third-order valence-electron chi connectivity index (χ3n) is 4.33. The Morgan fingerprint density at radius 3 is 2.62 bits per heavy atom. The van der Waals surface area contributed by atoms with Gasteiger partial charge in [-0.25, -0.2) is 13.1 Å². The second-order valence-electron chi connectivity index (χ2n) is 6.46. The summed E-state index contributed by atoms with van der Waals surface area (Å²) in [6.45, 7) is 2.66. The summed E-state index contributed by atoms with van der Waals surface area (Å²) < 4.78 is 34.9. The normalized spacial score (nSPS) is 11.6. The summed E-state index contributed by atoms with van der Waals surface area (Å²) in [5.41, 5.74) is 1.65. The topological polar surface area (TPSA) is 77.3 Å². The molecule has 0 fully saturated rings. The molecule has 1 aromatic heterocycles. The van der Waals surface area contributed by atoms with E-state index in [0.717, 1.165) is 6.42 Å². The second kappa shape index (κ2) is 9.39. The van der Waals surface area contributed by atoms with Gasteiger partial charge < -0.3 is 4.74 Å². The van der Waals surface area contributed by atoms with Crippen molar-refractivity contribution in [3.8, 4) is 5.69 Å². The molecule has 0 saturated heterocycles. The average molecular weight is 435 g/mol. The number of benzene rings is 2. The Hall–Kier alpha value is -2.42. The SMILES string of the molecule is CCCCN(c1ccc(Cl)cc1-n1cc(COC)nn1)S(=O)(=O)c1ccccc1. The number of rotatable bonds is 9. The highest BCUT2D eigenvalue weighted by atomic mass is 35.5. The van der Waals surface area contributed by atoms with E-state index in [1.54, 1.807) is 61.8 Å². The zero-order chi connectivity index (χ0) is 20.9. The molecule has 1 heterocycles. The first-order valence-electron chi connectivity index (χ1n) is 9.25. The van der Waals surface area contributed by atoms with Gasteiger partial charge in [0.05, 0.1) is 29.1 Å². The van der Waals surface area contributed by atoms with Crippen LogP contribution in [-0.2, 0) is 21.4 Å². The average Bonchev–Trinajstić information content (AvgIpc) is 3.18. The van der Waals surface area contributed by atoms with Gasteiger partial charge in [0.25, 0.3) is 10.0 Å². The van der Waals surface area contributed by atoms with Crippen LogP contribution in [0.3, 0.4) is 0 Å². The van der Waals surface area contributed by atoms with Gasteiger partial charge >= 0.3 is 0 Å². The zero-order valence-electron chi connectivity index (χ0n) is 16.3. The highest BCUT2D eigenvalue weighted by Crippen LogP contribution is 2.32. The van der Waals surface area contributed by atoms with Crippen molar-refractivity contribution in [2.24, 2.45) is 0 Å². The first-order valence-corrected chi connectivity index (χ1v) is 11.1. The lowest BCUT2D eigenvalue weighted by Crippen LogP contribution is -2.33. The van der Waals surface area contributed by atoms with Gasteiger partial charge in [-0.2, -0.15) is 0 Å². The number of hydrogen-bond donors (Lipinski definition) is 0. The smallest absolute Gasteiger partial charge is 0.264 e. The molecule has 0 bridgehead atoms. The minimum atomic E-state index is -3.77. The van der Waals surface area contributed by atoms with Gasteiger partial charge in [-0.1, -0.05) is 48.4 Å². The second-order valence-corrected chi connectivity index (χ2v) is 8.76. The third-order valence-corrected chi connectivity index (χ3v) is 6.39. The highest BCUT2D eigenvalue weighted by molar-refractivity contribution is 7.92. The van der Waals surface area contributed by atoms with E-state index in [9.17, 15) is 8.42 Å². The van der Waals surface area contributed by atoms with Crippen molar-refractivity contribution in [2.45, 2.75) is 31.3 Å². The van der Waals surface area contributed by atoms with E-state index in [1.165, 1.54) is 8.99 Å². The number of methoxy groups -OCH3 is 1. The van der Waals surface area contributed by atoms with Crippen molar-refractivity contribution in [3.63, 3.8) is 0 Å². The van der Waals surface area contributed by atoms with Crippen LogP contribution in [-0.4, -0.2) is 37.1 Å². The van der Waals surface area contributed by atoms with Crippen LogP contribution in [0.25, 0.3) is 5.69 Å². The molecule has 0 aliphatic heterocycles. The lowest BCUT2D eigenvalue weighted by Gasteiger charge is -2.26. The van der Waals surface area contributed by atoms with Gasteiger partial charge in [-0.3, -0.25) is 4.31 Å². The fourth-order valence-electron chi connectivity index (χ4n) is 2.91. The van der Waals surface area contributed by atoms with Crippen molar-refractivity contribution in [2.75, 3.05) is 18.0 Å². The molecule has 0 aliphatic carbocycles. The maximum atomic E-state index is 13.4. The molecule has 0 aliphatic rings. The van der Waals surface area contributed by atoms with E-state index in [4.69, 9.17) is 16.3 Å². The molecule has 0 radical (unpaired) electrons. The Morgan fingerprint density at radius 1 is 1.17 bits per heavy atom. The molecule has 0 unspecified atom stereocenters. The maximum absolute atomic E-state index is 13.4. The van der Waals surface area contributed by atoms with Crippen LogP contribution in [0.15, 0.2) is 59.6 Å². The summed E-state index contributed by atoms with van der Waals surface area (Å²) in [5, 5.41) is 8.67. The largest absolute Gasteiger partial charge is 0.378 e. The molecule has 3 rings (SSSR count). The van der Waals surface area contributed by atoms with E-state index >= 15 is 0 Å². The van der Waals surface area contributed by atoms with E-state index < -0.39 is 10.0 Å². The van der Waals surface area contributed by atoms with Crippen LogP contribution in [0.1, 0.15) is 25.5 Å². The molecule has 0 N–H and O–H groups in total. The van der Waals surface area contributed by atoms with E-state index in [0.29, 0.717) is 41.7 Å². The summed E-state index contributed by atoms with van der Waals surface area (Å²) in [4.78, 5) is 0.232. The number of halogens is 1. The van der Waals surface area contributed by atoms with Gasteiger partial charge in [0.2, 0.25) is 0 Å². The Balaban J connectivity index is 2.13. The lowest BCUT2D eigenvalue weighted by molar-refractivity contribution is 0.181. The third kappa shape index (κ3) is 4.77.